The van der Waals surface area contributed by atoms with Gasteiger partial charge in [-0.05, 0) is 24.6 Å². The lowest BCUT2D eigenvalue weighted by molar-refractivity contribution is 0.168. The number of aryl methyl sites for hydroxylation is 1. The second-order valence-electron chi connectivity index (χ2n) is 4.26. The van der Waals surface area contributed by atoms with Gasteiger partial charge in [0.2, 0.25) is 10.0 Å². The van der Waals surface area contributed by atoms with Crippen LogP contribution in [0.25, 0.3) is 0 Å². The normalized spacial score (nSPS) is 12.1. The van der Waals surface area contributed by atoms with Crippen molar-refractivity contribution in [3.8, 4) is 0 Å². The molecular formula is C12H19ClN2O4S. The molecule has 0 saturated heterocycles. The largest absolute Gasteiger partial charge is 0.398 e. The molecular weight excluding hydrogens is 304 g/mol. The molecule has 0 heterocycles. The molecule has 8 heteroatoms. The highest BCUT2D eigenvalue weighted by Gasteiger charge is 2.26. The Morgan fingerprint density at radius 2 is 2.05 bits per heavy atom. The highest BCUT2D eigenvalue weighted by molar-refractivity contribution is 7.89. The molecule has 20 heavy (non-hydrogen) atoms. The zero-order chi connectivity index (χ0) is 15.3. The summed E-state index contributed by atoms with van der Waals surface area (Å²) in [5.41, 5.74) is 6.80. The predicted molar refractivity (Wildman–Crippen MR) is 78.3 cm³/mol. The van der Waals surface area contributed by atoms with Gasteiger partial charge in [-0.15, -0.1) is 0 Å². The minimum atomic E-state index is -3.82. The van der Waals surface area contributed by atoms with Crippen LogP contribution in [0.4, 0.5) is 5.69 Å². The molecule has 0 aromatic heterocycles. The summed E-state index contributed by atoms with van der Waals surface area (Å²) in [6.07, 6.45) is 0. The lowest BCUT2D eigenvalue weighted by Crippen LogP contribution is -2.36. The number of anilines is 1. The Bertz CT molecular complexity index is 563. The number of hydrogen-bond acceptors (Lipinski definition) is 5. The van der Waals surface area contributed by atoms with E-state index in [2.05, 4.69) is 0 Å². The zero-order valence-electron chi connectivity index (χ0n) is 11.5. The minimum absolute atomic E-state index is 0.0319. The molecule has 0 amide bonds. The number of benzene rings is 1. The number of nitrogens with zero attached hydrogens (tertiary/aromatic N) is 1. The van der Waals surface area contributed by atoms with E-state index in [1.807, 2.05) is 0 Å². The van der Waals surface area contributed by atoms with E-state index in [1.54, 1.807) is 6.92 Å². The number of nitrogens with two attached hydrogens (primary N) is 1. The number of rotatable bonds is 7. The summed E-state index contributed by atoms with van der Waals surface area (Å²) in [5, 5.41) is 9.12. The van der Waals surface area contributed by atoms with E-state index in [1.165, 1.54) is 19.2 Å². The number of ether oxygens (including phenoxy) is 1. The predicted octanol–water partition coefficient (Wildman–Crippen LogP) is 0.860. The first-order valence-electron chi connectivity index (χ1n) is 6.00. The van der Waals surface area contributed by atoms with Crippen molar-refractivity contribution in [2.75, 3.05) is 39.1 Å². The van der Waals surface area contributed by atoms with Crippen molar-refractivity contribution in [1.82, 2.24) is 4.31 Å². The van der Waals surface area contributed by atoms with Gasteiger partial charge >= 0.3 is 0 Å². The summed E-state index contributed by atoms with van der Waals surface area (Å²) in [7, 11) is -2.35. The Morgan fingerprint density at radius 3 is 2.60 bits per heavy atom. The second-order valence-corrected chi connectivity index (χ2v) is 6.57. The highest BCUT2D eigenvalue weighted by atomic mass is 35.5. The molecule has 6 nitrogen and oxygen atoms in total. The van der Waals surface area contributed by atoms with Crippen LogP contribution >= 0.6 is 11.6 Å². The lowest BCUT2D eigenvalue weighted by Gasteiger charge is -2.22. The number of hydrogen-bond donors (Lipinski definition) is 2. The first-order valence-corrected chi connectivity index (χ1v) is 7.82. The van der Waals surface area contributed by atoms with Crippen molar-refractivity contribution >= 4 is 27.3 Å². The van der Waals surface area contributed by atoms with Gasteiger partial charge in [0.25, 0.3) is 0 Å². The number of methoxy groups -OCH3 is 1. The Kier molecular flexibility index (Phi) is 6.22. The van der Waals surface area contributed by atoms with Crippen LogP contribution in [0.1, 0.15) is 5.56 Å². The van der Waals surface area contributed by atoms with Gasteiger partial charge in [0.15, 0.2) is 0 Å². The van der Waals surface area contributed by atoms with E-state index in [0.29, 0.717) is 11.3 Å². The van der Waals surface area contributed by atoms with Gasteiger partial charge < -0.3 is 15.6 Å². The third-order valence-corrected chi connectivity index (χ3v) is 5.20. The first-order chi connectivity index (χ1) is 9.34. The quantitative estimate of drug-likeness (QED) is 0.726. The van der Waals surface area contributed by atoms with E-state index in [0.717, 1.165) is 4.31 Å². The van der Waals surface area contributed by atoms with E-state index >= 15 is 0 Å². The van der Waals surface area contributed by atoms with E-state index in [4.69, 9.17) is 27.2 Å². The third kappa shape index (κ3) is 3.83. The maximum atomic E-state index is 12.5. The van der Waals surface area contributed by atoms with Crippen molar-refractivity contribution in [2.45, 2.75) is 11.8 Å². The minimum Gasteiger partial charge on any atom is -0.398 e. The Labute approximate surface area is 124 Å². The number of halogens is 1. The van der Waals surface area contributed by atoms with Crippen LogP contribution < -0.4 is 5.73 Å². The molecule has 1 rings (SSSR count). The summed E-state index contributed by atoms with van der Waals surface area (Å²) in [6, 6.07) is 2.85. The van der Waals surface area contributed by atoms with Crippen LogP contribution in [0.15, 0.2) is 17.0 Å². The van der Waals surface area contributed by atoms with Gasteiger partial charge in [0.1, 0.15) is 4.90 Å². The number of sulfonamides is 1. The van der Waals surface area contributed by atoms with Gasteiger partial charge in [-0.3, -0.25) is 0 Å². The molecule has 0 spiro atoms. The van der Waals surface area contributed by atoms with Crippen molar-refractivity contribution in [3.05, 3.63) is 22.7 Å². The lowest BCUT2D eigenvalue weighted by atomic mass is 10.2. The fourth-order valence-electron chi connectivity index (χ4n) is 1.66. The van der Waals surface area contributed by atoms with Crippen LogP contribution in [0.2, 0.25) is 5.02 Å². The molecule has 0 fully saturated rings. The molecule has 1 aromatic carbocycles. The first kappa shape index (κ1) is 17.2. The van der Waals surface area contributed by atoms with E-state index in [9.17, 15) is 8.42 Å². The van der Waals surface area contributed by atoms with Crippen molar-refractivity contribution < 1.29 is 18.3 Å². The van der Waals surface area contributed by atoms with Crippen molar-refractivity contribution in [3.63, 3.8) is 0 Å². The average molecular weight is 323 g/mol. The summed E-state index contributed by atoms with van der Waals surface area (Å²) < 4.78 is 31.1. The smallest absolute Gasteiger partial charge is 0.244 e. The summed E-state index contributed by atoms with van der Waals surface area (Å²) in [5.74, 6) is 0. The number of aliphatic hydroxyl groups is 1. The maximum Gasteiger partial charge on any atom is 0.244 e. The highest BCUT2D eigenvalue weighted by Crippen LogP contribution is 2.29. The summed E-state index contributed by atoms with van der Waals surface area (Å²) in [4.78, 5) is -0.0631. The van der Waals surface area contributed by atoms with Crippen molar-refractivity contribution in [2.24, 2.45) is 0 Å². The van der Waals surface area contributed by atoms with Crippen LogP contribution in [0.5, 0.6) is 0 Å². The molecule has 0 aliphatic rings. The SMILES string of the molecule is COCCN(CCO)S(=O)(=O)c1cc(N)c(C)cc1Cl. The summed E-state index contributed by atoms with van der Waals surface area (Å²) >= 11 is 6.01. The van der Waals surface area contributed by atoms with E-state index in [-0.39, 0.29) is 36.2 Å². The van der Waals surface area contributed by atoms with Gasteiger partial charge in [-0.25, -0.2) is 8.42 Å². The molecule has 0 aliphatic heterocycles. The van der Waals surface area contributed by atoms with Crippen molar-refractivity contribution in [1.29, 1.82) is 0 Å². The third-order valence-electron chi connectivity index (χ3n) is 2.83. The average Bonchev–Trinajstić information content (AvgIpc) is 2.38. The molecule has 0 saturated carbocycles. The molecule has 3 N–H and O–H groups in total. The molecule has 0 bridgehead atoms. The Hall–Kier alpha value is -0.860. The monoisotopic (exact) mass is 322 g/mol. The topological polar surface area (TPSA) is 92.9 Å². The van der Waals surface area contributed by atoms with Gasteiger partial charge in [-0.1, -0.05) is 11.6 Å². The molecule has 1 aromatic rings. The summed E-state index contributed by atoms with van der Waals surface area (Å²) in [6.45, 7) is 1.77. The molecule has 114 valence electrons. The fourth-order valence-corrected chi connectivity index (χ4v) is 3.67. The second kappa shape index (κ2) is 7.24. The van der Waals surface area contributed by atoms with Crippen LogP contribution in [-0.2, 0) is 14.8 Å². The number of aliphatic hydroxyl groups excluding tert-OH is 1. The standard InChI is InChI=1S/C12H19ClN2O4S/c1-9-7-10(13)12(8-11(9)14)20(17,18)15(3-5-16)4-6-19-2/h7-8,16H,3-6,14H2,1-2H3. The van der Waals surface area contributed by atoms with Crippen LogP contribution in [0, 0.1) is 6.92 Å². The van der Waals surface area contributed by atoms with E-state index < -0.39 is 10.0 Å². The molecule has 0 aliphatic carbocycles. The van der Waals surface area contributed by atoms with Gasteiger partial charge in [0, 0.05) is 25.9 Å². The zero-order valence-corrected chi connectivity index (χ0v) is 13.0. The van der Waals surface area contributed by atoms with Crippen LogP contribution in [-0.4, -0.2) is 51.2 Å². The molecule has 0 unspecified atom stereocenters. The Morgan fingerprint density at radius 1 is 1.40 bits per heavy atom. The molecule has 0 atom stereocenters. The Balaban J connectivity index is 3.22. The molecule has 0 radical (unpaired) electrons. The fraction of sp³-hybridized carbons (Fsp3) is 0.500. The van der Waals surface area contributed by atoms with Crippen LogP contribution in [0.3, 0.4) is 0 Å². The number of nitrogen functional groups attached to an aromatic ring is 1. The van der Waals surface area contributed by atoms with Gasteiger partial charge in [0.05, 0.1) is 18.2 Å². The van der Waals surface area contributed by atoms with Gasteiger partial charge in [-0.2, -0.15) is 4.31 Å². The maximum absolute atomic E-state index is 12.5.